The van der Waals surface area contributed by atoms with Crippen LogP contribution >= 0.6 is 11.6 Å². The minimum absolute atomic E-state index is 0.0507. The van der Waals surface area contributed by atoms with Gasteiger partial charge in [-0.1, -0.05) is 66.2 Å². The molecule has 1 unspecified atom stereocenters. The highest BCUT2D eigenvalue weighted by Crippen LogP contribution is 2.41. The molecule has 0 saturated carbocycles. The van der Waals surface area contributed by atoms with E-state index in [0.29, 0.717) is 10.6 Å². The number of amides is 1. The molecule has 3 aromatic rings. The molecule has 30 heavy (non-hydrogen) atoms. The first-order valence-corrected chi connectivity index (χ1v) is 9.91. The molecule has 4 rings (SSSR count). The highest BCUT2D eigenvalue weighted by atomic mass is 35.5. The van der Waals surface area contributed by atoms with E-state index in [4.69, 9.17) is 16.3 Å². The first-order chi connectivity index (χ1) is 14.5. The number of Topliss-reactive ketones (excluding diaryl/α,β-unsaturated/α-hetero) is 1. The number of hydrogen-bond donors (Lipinski definition) is 1. The van der Waals surface area contributed by atoms with Crippen LogP contribution in [0.15, 0.2) is 72.3 Å². The first-order valence-electron chi connectivity index (χ1n) is 9.54. The molecule has 0 radical (unpaired) electrons. The van der Waals surface area contributed by atoms with Crippen LogP contribution in [0.4, 0.5) is 0 Å². The van der Waals surface area contributed by atoms with E-state index in [1.54, 1.807) is 24.3 Å². The lowest BCUT2D eigenvalue weighted by molar-refractivity contribution is -0.140. The van der Waals surface area contributed by atoms with Crippen molar-refractivity contribution in [3.8, 4) is 0 Å². The van der Waals surface area contributed by atoms with Gasteiger partial charge in [0.15, 0.2) is 0 Å². The maximum Gasteiger partial charge on any atom is 0.295 e. The molecule has 1 heterocycles. The third-order valence-corrected chi connectivity index (χ3v) is 5.53. The Hall–Kier alpha value is -3.15. The topological polar surface area (TPSA) is 66.8 Å². The average Bonchev–Trinajstić information content (AvgIpc) is 3.01. The molecule has 3 aromatic carbocycles. The minimum Gasteiger partial charge on any atom is -0.507 e. The molecule has 1 saturated heterocycles. The molecule has 1 aliphatic heterocycles. The van der Waals surface area contributed by atoms with Gasteiger partial charge in [-0.3, -0.25) is 9.59 Å². The van der Waals surface area contributed by atoms with Gasteiger partial charge in [-0.25, -0.2) is 0 Å². The van der Waals surface area contributed by atoms with Gasteiger partial charge in [0.1, 0.15) is 5.76 Å². The number of halogens is 1. The predicted octanol–water partition coefficient (Wildman–Crippen LogP) is 4.56. The van der Waals surface area contributed by atoms with Crippen molar-refractivity contribution in [1.29, 1.82) is 0 Å². The fourth-order valence-electron chi connectivity index (χ4n) is 3.90. The molecule has 152 valence electrons. The molecule has 1 aliphatic rings. The van der Waals surface area contributed by atoms with E-state index in [1.807, 2.05) is 42.5 Å². The van der Waals surface area contributed by atoms with Crippen LogP contribution in [0.1, 0.15) is 17.2 Å². The number of likely N-dealkylation sites (tertiary alicyclic amines) is 1. The Labute approximate surface area is 179 Å². The second kappa shape index (κ2) is 8.30. The summed E-state index contributed by atoms with van der Waals surface area (Å²) in [7, 11) is 1.54. The van der Waals surface area contributed by atoms with Crippen LogP contribution in [-0.2, 0) is 14.3 Å². The van der Waals surface area contributed by atoms with E-state index in [1.165, 1.54) is 12.0 Å². The van der Waals surface area contributed by atoms with Crippen LogP contribution < -0.4 is 0 Å². The maximum atomic E-state index is 13.0. The zero-order chi connectivity index (χ0) is 21.3. The van der Waals surface area contributed by atoms with Crippen LogP contribution in [0.5, 0.6) is 0 Å². The van der Waals surface area contributed by atoms with Crippen LogP contribution in [-0.4, -0.2) is 42.0 Å². The van der Waals surface area contributed by atoms with Crippen molar-refractivity contribution in [2.24, 2.45) is 0 Å². The monoisotopic (exact) mass is 421 g/mol. The number of ether oxygens (including phenoxy) is 1. The van der Waals surface area contributed by atoms with E-state index < -0.39 is 17.7 Å². The molecule has 0 bridgehead atoms. The molecular weight excluding hydrogens is 402 g/mol. The Kier molecular flexibility index (Phi) is 5.57. The Bertz CT molecular complexity index is 1170. The second-order valence-corrected chi connectivity index (χ2v) is 7.50. The molecule has 6 heteroatoms. The van der Waals surface area contributed by atoms with Crippen LogP contribution in [0.25, 0.3) is 16.5 Å². The third-order valence-electron chi connectivity index (χ3n) is 5.29. The minimum atomic E-state index is -0.731. The zero-order valence-corrected chi connectivity index (χ0v) is 17.1. The average molecular weight is 422 g/mol. The van der Waals surface area contributed by atoms with Gasteiger partial charge in [-0.2, -0.15) is 0 Å². The summed E-state index contributed by atoms with van der Waals surface area (Å²) in [5, 5.41) is 13.4. The molecule has 5 nitrogen and oxygen atoms in total. The highest BCUT2D eigenvalue weighted by molar-refractivity contribution is 6.46. The summed E-state index contributed by atoms with van der Waals surface area (Å²) in [5.41, 5.74) is 1.21. The summed E-state index contributed by atoms with van der Waals surface area (Å²) in [6.07, 6.45) is 0. The highest BCUT2D eigenvalue weighted by Gasteiger charge is 2.46. The molecule has 0 aliphatic carbocycles. The van der Waals surface area contributed by atoms with E-state index in [2.05, 4.69) is 0 Å². The Morgan fingerprint density at radius 3 is 2.57 bits per heavy atom. The van der Waals surface area contributed by atoms with Gasteiger partial charge in [0.2, 0.25) is 0 Å². The van der Waals surface area contributed by atoms with Crippen molar-refractivity contribution in [3.05, 3.63) is 88.5 Å². The van der Waals surface area contributed by atoms with E-state index in [9.17, 15) is 14.7 Å². The summed E-state index contributed by atoms with van der Waals surface area (Å²) in [5.74, 6) is -1.62. The summed E-state index contributed by atoms with van der Waals surface area (Å²) >= 11 is 6.08. The molecule has 0 aromatic heterocycles. The van der Waals surface area contributed by atoms with Crippen LogP contribution in [0, 0.1) is 0 Å². The van der Waals surface area contributed by atoms with E-state index in [-0.39, 0.29) is 24.5 Å². The fourth-order valence-corrected chi connectivity index (χ4v) is 4.09. The maximum absolute atomic E-state index is 13.0. The van der Waals surface area contributed by atoms with Crippen molar-refractivity contribution in [3.63, 3.8) is 0 Å². The lowest BCUT2D eigenvalue weighted by atomic mass is 9.91. The summed E-state index contributed by atoms with van der Waals surface area (Å²) in [4.78, 5) is 27.4. The molecule has 1 amide bonds. The van der Waals surface area contributed by atoms with Crippen molar-refractivity contribution < 1.29 is 19.4 Å². The number of fused-ring (bicyclic) bond motifs is 1. The number of methoxy groups -OCH3 is 1. The van der Waals surface area contributed by atoms with Crippen molar-refractivity contribution in [2.75, 3.05) is 20.3 Å². The molecular formula is C24H20ClNO4. The van der Waals surface area contributed by atoms with Gasteiger partial charge in [0.05, 0.1) is 18.2 Å². The number of nitrogens with zero attached hydrogens (tertiary/aromatic N) is 1. The Morgan fingerprint density at radius 2 is 1.80 bits per heavy atom. The van der Waals surface area contributed by atoms with Gasteiger partial charge < -0.3 is 14.7 Å². The largest absolute Gasteiger partial charge is 0.507 e. The molecule has 1 N–H and O–H groups in total. The summed E-state index contributed by atoms with van der Waals surface area (Å²) in [6, 6.07) is 19.3. The van der Waals surface area contributed by atoms with E-state index in [0.717, 1.165) is 16.3 Å². The van der Waals surface area contributed by atoms with E-state index >= 15 is 0 Å². The summed E-state index contributed by atoms with van der Waals surface area (Å²) < 4.78 is 5.15. The van der Waals surface area contributed by atoms with Crippen LogP contribution in [0.2, 0.25) is 5.02 Å². The standard InChI is InChI=1S/C24H20ClNO4/c1-30-13-12-26-21(19-11-5-7-15-6-2-3-10-18(15)19)20(23(28)24(26)29)22(27)16-8-4-9-17(25)14-16/h2-11,14,21,27H,12-13H2,1H3/b22-20-. The van der Waals surface area contributed by atoms with Gasteiger partial charge in [0.25, 0.3) is 11.7 Å². The first kappa shape index (κ1) is 20.1. The number of aliphatic hydroxyl groups is 1. The number of benzene rings is 3. The van der Waals surface area contributed by atoms with Crippen LogP contribution in [0.3, 0.4) is 0 Å². The lowest BCUT2D eigenvalue weighted by Gasteiger charge is -2.26. The van der Waals surface area contributed by atoms with Crippen molar-refractivity contribution in [1.82, 2.24) is 4.90 Å². The predicted molar refractivity (Wildman–Crippen MR) is 116 cm³/mol. The number of ketones is 1. The number of hydrogen-bond acceptors (Lipinski definition) is 4. The normalized spacial score (nSPS) is 18.3. The molecule has 0 spiro atoms. The Balaban J connectivity index is 1.96. The van der Waals surface area contributed by atoms with Gasteiger partial charge in [-0.15, -0.1) is 0 Å². The number of carbonyl (C=O) groups excluding carboxylic acids is 2. The van der Waals surface area contributed by atoms with Gasteiger partial charge in [-0.05, 0) is 28.5 Å². The molecule has 1 fully saturated rings. The quantitative estimate of drug-likeness (QED) is 0.372. The zero-order valence-electron chi connectivity index (χ0n) is 16.3. The van der Waals surface area contributed by atoms with Crippen molar-refractivity contribution >= 4 is 39.8 Å². The summed E-state index contributed by atoms with van der Waals surface area (Å²) in [6.45, 7) is 0.493. The van der Waals surface area contributed by atoms with Gasteiger partial charge >= 0.3 is 0 Å². The lowest BCUT2D eigenvalue weighted by Crippen LogP contribution is -2.32. The number of rotatable bonds is 5. The smallest absolute Gasteiger partial charge is 0.295 e. The third kappa shape index (κ3) is 3.47. The number of carbonyl (C=O) groups is 2. The van der Waals surface area contributed by atoms with Gasteiger partial charge in [0, 0.05) is 24.2 Å². The Morgan fingerprint density at radius 1 is 1.07 bits per heavy atom. The second-order valence-electron chi connectivity index (χ2n) is 7.06. The fraction of sp³-hybridized carbons (Fsp3) is 0.167. The SMILES string of the molecule is COCCN1C(=O)C(=O)/C(=C(\O)c2cccc(Cl)c2)C1c1cccc2ccccc12. The number of aliphatic hydroxyl groups excluding tert-OH is 1. The van der Waals surface area contributed by atoms with Crippen molar-refractivity contribution in [2.45, 2.75) is 6.04 Å². The molecule has 1 atom stereocenters.